The third-order valence-corrected chi connectivity index (χ3v) is 6.32. The first-order chi connectivity index (χ1) is 16.5. The summed E-state index contributed by atoms with van der Waals surface area (Å²) in [5.41, 5.74) is 3.38. The van der Waals surface area contributed by atoms with Crippen molar-refractivity contribution in [3.63, 3.8) is 0 Å². The second-order valence-electron chi connectivity index (χ2n) is 9.88. The molecule has 3 aromatic rings. The van der Waals surface area contributed by atoms with Gasteiger partial charge in [-0.2, -0.15) is 0 Å². The summed E-state index contributed by atoms with van der Waals surface area (Å²) in [6.45, 7) is 8.15. The van der Waals surface area contributed by atoms with Crippen LogP contribution in [0.5, 0.6) is 0 Å². The zero-order valence-corrected chi connectivity index (χ0v) is 22.2. The highest BCUT2D eigenvalue weighted by Gasteiger charge is 2.32. The van der Waals surface area contributed by atoms with Crippen molar-refractivity contribution in [2.24, 2.45) is 0 Å². The number of halogens is 2. The van der Waals surface area contributed by atoms with Crippen LogP contribution in [0.3, 0.4) is 0 Å². The maximum atomic E-state index is 13.8. The molecule has 3 aromatic carbocycles. The van der Waals surface area contributed by atoms with E-state index in [2.05, 4.69) is 5.32 Å². The van der Waals surface area contributed by atoms with E-state index in [4.69, 9.17) is 23.2 Å². The van der Waals surface area contributed by atoms with Crippen LogP contribution >= 0.6 is 23.2 Å². The molecule has 2 amide bonds. The van der Waals surface area contributed by atoms with Crippen molar-refractivity contribution in [2.75, 3.05) is 0 Å². The van der Waals surface area contributed by atoms with Crippen molar-refractivity contribution in [2.45, 2.75) is 58.7 Å². The van der Waals surface area contributed by atoms with Crippen molar-refractivity contribution in [3.8, 4) is 0 Å². The molecule has 1 unspecified atom stereocenters. The summed E-state index contributed by atoms with van der Waals surface area (Å²) < 4.78 is 0. The SMILES string of the molecule is Cc1ccc(CN(C(=O)Cc2ccc(Cl)c(Cl)c2)C(Cc2ccccc2)C(=O)NC(C)(C)C)cc1. The topological polar surface area (TPSA) is 49.4 Å². The van der Waals surface area contributed by atoms with Gasteiger partial charge in [0.05, 0.1) is 16.5 Å². The largest absolute Gasteiger partial charge is 0.350 e. The van der Waals surface area contributed by atoms with E-state index in [0.717, 1.165) is 22.3 Å². The molecule has 4 nitrogen and oxygen atoms in total. The Hall–Kier alpha value is -2.82. The average Bonchev–Trinajstić information content (AvgIpc) is 2.79. The van der Waals surface area contributed by atoms with E-state index in [-0.39, 0.29) is 18.2 Å². The predicted octanol–water partition coefficient (Wildman–Crippen LogP) is 6.40. The summed E-state index contributed by atoms with van der Waals surface area (Å²) in [7, 11) is 0. The summed E-state index contributed by atoms with van der Waals surface area (Å²) >= 11 is 12.3. The minimum absolute atomic E-state index is 0.108. The van der Waals surface area contributed by atoms with Crippen LogP contribution in [0.4, 0.5) is 0 Å². The lowest BCUT2D eigenvalue weighted by atomic mass is 9.99. The second-order valence-corrected chi connectivity index (χ2v) is 10.7. The predicted molar refractivity (Wildman–Crippen MR) is 144 cm³/mol. The van der Waals surface area contributed by atoms with Gasteiger partial charge in [-0.3, -0.25) is 9.59 Å². The highest BCUT2D eigenvalue weighted by Crippen LogP contribution is 2.24. The lowest BCUT2D eigenvalue weighted by Crippen LogP contribution is -2.54. The van der Waals surface area contributed by atoms with Gasteiger partial charge in [0.25, 0.3) is 0 Å². The molecule has 0 spiro atoms. The molecule has 0 heterocycles. The van der Waals surface area contributed by atoms with E-state index < -0.39 is 11.6 Å². The number of hydrogen-bond acceptors (Lipinski definition) is 2. The van der Waals surface area contributed by atoms with Crippen molar-refractivity contribution < 1.29 is 9.59 Å². The molecule has 184 valence electrons. The number of amides is 2. The maximum Gasteiger partial charge on any atom is 0.243 e. The summed E-state index contributed by atoms with van der Waals surface area (Å²) in [5, 5.41) is 3.91. The minimum Gasteiger partial charge on any atom is -0.350 e. The highest BCUT2D eigenvalue weighted by atomic mass is 35.5. The zero-order valence-electron chi connectivity index (χ0n) is 20.6. The van der Waals surface area contributed by atoms with Crippen LogP contribution < -0.4 is 5.32 Å². The van der Waals surface area contributed by atoms with Gasteiger partial charge in [0.15, 0.2) is 0 Å². The fourth-order valence-corrected chi connectivity index (χ4v) is 4.14. The Kier molecular flexibility index (Phi) is 8.98. The number of aryl methyl sites for hydroxylation is 1. The van der Waals surface area contributed by atoms with Crippen molar-refractivity contribution in [1.82, 2.24) is 10.2 Å². The Morgan fingerprint density at radius 2 is 1.49 bits per heavy atom. The van der Waals surface area contributed by atoms with Gasteiger partial charge in [0.2, 0.25) is 11.8 Å². The molecule has 0 saturated heterocycles. The number of rotatable bonds is 8. The number of carbonyl (C=O) groups is 2. The van der Waals surface area contributed by atoms with Crippen LogP contribution in [-0.2, 0) is 29.0 Å². The standard InChI is InChI=1S/C29H32Cl2N2O2/c1-20-10-12-22(13-11-20)19-33(27(34)18-23-14-15-24(30)25(31)16-23)26(28(35)32-29(2,3)4)17-21-8-6-5-7-9-21/h5-16,26H,17-19H2,1-4H3,(H,32,35). The van der Waals surface area contributed by atoms with Crippen LogP contribution in [0, 0.1) is 6.92 Å². The molecule has 0 fully saturated rings. The van der Waals surface area contributed by atoms with E-state index in [1.165, 1.54) is 0 Å². The molecule has 0 bridgehead atoms. The average molecular weight is 511 g/mol. The van der Waals surface area contributed by atoms with E-state index >= 15 is 0 Å². The smallest absolute Gasteiger partial charge is 0.243 e. The van der Waals surface area contributed by atoms with Gasteiger partial charge >= 0.3 is 0 Å². The first-order valence-corrected chi connectivity index (χ1v) is 12.4. The highest BCUT2D eigenvalue weighted by molar-refractivity contribution is 6.42. The third kappa shape index (κ3) is 8.12. The first-order valence-electron chi connectivity index (χ1n) is 11.7. The fraction of sp³-hybridized carbons (Fsp3) is 0.310. The monoisotopic (exact) mass is 510 g/mol. The van der Waals surface area contributed by atoms with E-state index in [9.17, 15) is 9.59 Å². The van der Waals surface area contributed by atoms with Crippen LogP contribution in [-0.4, -0.2) is 28.3 Å². The maximum absolute atomic E-state index is 13.8. The molecule has 0 aromatic heterocycles. The molecule has 0 saturated carbocycles. The number of nitrogens with zero attached hydrogens (tertiary/aromatic N) is 1. The van der Waals surface area contributed by atoms with Crippen molar-refractivity contribution >= 4 is 35.0 Å². The van der Waals surface area contributed by atoms with Crippen LogP contribution in [0.2, 0.25) is 10.0 Å². The second kappa shape index (κ2) is 11.7. The van der Waals surface area contributed by atoms with Crippen LogP contribution in [0.25, 0.3) is 0 Å². The molecule has 1 N–H and O–H groups in total. The lowest BCUT2D eigenvalue weighted by Gasteiger charge is -2.34. The van der Waals surface area contributed by atoms with Gasteiger partial charge in [0, 0.05) is 18.5 Å². The van der Waals surface area contributed by atoms with Gasteiger partial charge in [-0.1, -0.05) is 89.4 Å². The number of carbonyl (C=O) groups excluding carboxylic acids is 2. The Morgan fingerprint density at radius 1 is 0.857 bits per heavy atom. The van der Waals surface area contributed by atoms with Gasteiger partial charge in [-0.05, 0) is 56.5 Å². The van der Waals surface area contributed by atoms with E-state index in [0.29, 0.717) is 23.0 Å². The lowest BCUT2D eigenvalue weighted by molar-refractivity contribution is -0.141. The molecule has 6 heteroatoms. The van der Waals surface area contributed by atoms with Crippen LogP contribution in [0.1, 0.15) is 43.0 Å². The third-order valence-electron chi connectivity index (χ3n) is 5.58. The van der Waals surface area contributed by atoms with E-state index in [1.54, 1.807) is 23.1 Å². The quantitative estimate of drug-likeness (QED) is 0.381. The van der Waals surface area contributed by atoms with Crippen molar-refractivity contribution in [1.29, 1.82) is 0 Å². The number of benzene rings is 3. The van der Waals surface area contributed by atoms with Crippen LogP contribution in [0.15, 0.2) is 72.8 Å². The first kappa shape index (κ1) is 26.8. The summed E-state index contributed by atoms with van der Waals surface area (Å²) in [5.74, 6) is -0.343. The Morgan fingerprint density at radius 3 is 2.09 bits per heavy atom. The molecule has 35 heavy (non-hydrogen) atoms. The normalized spacial score (nSPS) is 12.2. The van der Waals surface area contributed by atoms with Gasteiger partial charge < -0.3 is 10.2 Å². The Balaban J connectivity index is 1.99. The zero-order chi connectivity index (χ0) is 25.6. The minimum atomic E-state index is -0.687. The van der Waals surface area contributed by atoms with Gasteiger partial charge in [0.1, 0.15) is 6.04 Å². The van der Waals surface area contributed by atoms with Crippen molar-refractivity contribution in [3.05, 3.63) is 105 Å². The molecule has 0 radical (unpaired) electrons. The molecule has 1 atom stereocenters. The summed E-state index contributed by atoms with van der Waals surface area (Å²) in [6, 6.07) is 22.3. The molecule has 0 aliphatic carbocycles. The fourth-order valence-electron chi connectivity index (χ4n) is 3.82. The Labute approximate surface area is 218 Å². The molecular formula is C29H32Cl2N2O2. The van der Waals surface area contributed by atoms with Gasteiger partial charge in [-0.15, -0.1) is 0 Å². The molecule has 3 rings (SSSR count). The van der Waals surface area contributed by atoms with Gasteiger partial charge in [-0.25, -0.2) is 0 Å². The number of hydrogen-bond donors (Lipinski definition) is 1. The molecule has 0 aliphatic rings. The summed E-state index contributed by atoms with van der Waals surface area (Å²) in [6.07, 6.45) is 0.512. The Bertz CT molecular complexity index is 1160. The number of nitrogens with one attached hydrogen (secondary N) is 1. The summed E-state index contributed by atoms with van der Waals surface area (Å²) in [4.78, 5) is 29.0. The van der Waals surface area contributed by atoms with E-state index in [1.807, 2.05) is 82.3 Å². The molecule has 0 aliphatic heterocycles. The molecular weight excluding hydrogens is 479 g/mol.